The van der Waals surface area contributed by atoms with Gasteiger partial charge >= 0.3 is 0 Å². The molecule has 1 aliphatic heterocycles. The summed E-state index contributed by atoms with van der Waals surface area (Å²) in [4.78, 5) is 14.2. The van der Waals surface area contributed by atoms with Crippen LogP contribution in [0.25, 0.3) is 0 Å². The van der Waals surface area contributed by atoms with Crippen molar-refractivity contribution in [1.29, 1.82) is 0 Å². The van der Waals surface area contributed by atoms with Crippen molar-refractivity contribution >= 4 is 5.91 Å². The number of hydrogen-bond donors (Lipinski definition) is 1. The Morgan fingerprint density at radius 3 is 2.88 bits per heavy atom. The number of hydrogen-bond acceptors (Lipinski definition) is 2. The van der Waals surface area contributed by atoms with E-state index in [2.05, 4.69) is 6.92 Å². The molecule has 1 heterocycles. The van der Waals surface area contributed by atoms with Crippen LogP contribution in [0.2, 0.25) is 0 Å². The highest BCUT2D eigenvalue weighted by Crippen LogP contribution is 2.18. The molecule has 0 saturated carbocycles. The predicted octanol–water partition coefficient (Wildman–Crippen LogP) is 2.01. The third-order valence-electron chi connectivity index (χ3n) is 3.56. The summed E-state index contributed by atoms with van der Waals surface area (Å²) in [7, 11) is 0. The van der Waals surface area contributed by atoms with Gasteiger partial charge in [0, 0.05) is 19.0 Å². The summed E-state index contributed by atoms with van der Waals surface area (Å²) >= 11 is 0. The lowest BCUT2D eigenvalue weighted by atomic mass is 10.0. The first-order valence-electron chi connectivity index (χ1n) is 6.67. The number of likely N-dealkylation sites (tertiary alicyclic amines) is 1. The lowest BCUT2D eigenvalue weighted by molar-refractivity contribution is -0.135. The lowest BCUT2D eigenvalue weighted by Crippen LogP contribution is -2.39. The Kier molecular flexibility index (Phi) is 5.81. The Balaban J connectivity index is 2.52. The van der Waals surface area contributed by atoms with Gasteiger partial charge in [0.15, 0.2) is 0 Å². The van der Waals surface area contributed by atoms with Gasteiger partial charge < -0.3 is 10.6 Å². The van der Waals surface area contributed by atoms with Crippen LogP contribution >= 0.6 is 0 Å². The van der Waals surface area contributed by atoms with E-state index in [1.54, 1.807) is 0 Å². The van der Waals surface area contributed by atoms with E-state index in [4.69, 9.17) is 5.73 Å². The van der Waals surface area contributed by atoms with Gasteiger partial charge in [0.25, 0.3) is 0 Å². The predicted molar refractivity (Wildman–Crippen MR) is 67.0 cm³/mol. The molecule has 16 heavy (non-hydrogen) atoms. The average Bonchev–Trinajstić information content (AvgIpc) is 2.53. The fraction of sp³-hybridized carbons (Fsp3) is 0.923. The van der Waals surface area contributed by atoms with E-state index in [1.807, 2.05) is 11.8 Å². The van der Waals surface area contributed by atoms with E-state index in [0.29, 0.717) is 18.4 Å². The van der Waals surface area contributed by atoms with Crippen LogP contribution in [0.3, 0.4) is 0 Å². The summed E-state index contributed by atoms with van der Waals surface area (Å²) in [6.45, 7) is 6.71. The second-order valence-electron chi connectivity index (χ2n) is 5.07. The first-order chi connectivity index (χ1) is 7.69. The average molecular weight is 226 g/mol. The number of amides is 1. The summed E-state index contributed by atoms with van der Waals surface area (Å²) in [6, 6.07) is 0. The summed E-state index contributed by atoms with van der Waals surface area (Å²) in [5.74, 6) is 1.03. The molecule has 2 atom stereocenters. The van der Waals surface area contributed by atoms with Gasteiger partial charge in [-0.25, -0.2) is 0 Å². The fourth-order valence-corrected chi connectivity index (χ4v) is 2.49. The zero-order valence-corrected chi connectivity index (χ0v) is 10.7. The smallest absolute Gasteiger partial charge is 0.225 e. The van der Waals surface area contributed by atoms with Gasteiger partial charge in [-0.05, 0) is 31.7 Å². The maximum Gasteiger partial charge on any atom is 0.225 e. The van der Waals surface area contributed by atoms with Crippen LogP contribution in [-0.4, -0.2) is 30.4 Å². The zero-order valence-electron chi connectivity index (χ0n) is 10.7. The molecule has 0 spiro atoms. The molecule has 2 N–H and O–H groups in total. The van der Waals surface area contributed by atoms with Gasteiger partial charge in [-0.3, -0.25) is 4.79 Å². The number of carbonyl (C=O) groups is 1. The highest BCUT2D eigenvalue weighted by Gasteiger charge is 2.24. The summed E-state index contributed by atoms with van der Waals surface area (Å²) < 4.78 is 0. The Morgan fingerprint density at radius 1 is 1.50 bits per heavy atom. The van der Waals surface area contributed by atoms with Crippen molar-refractivity contribution in [2.75, 3.05) is 19.6 Å². The van der Waals surface area contributed by atoms with Crippen molar-refractivity contribution in [3.8, 4) is 0 Å². The summed E-state index contributed by atoms with van der Waals surface area (Å²) in [6.07, 6.45) is 5.63. The van der Waals surface area contributed by atoms with Gasteiger partial charge in [-0.15, -0.1) is 0 Å². The van der Waals surface area contributed by atoms with Crippen molar-refractivity contribution in [3.05, 3.63) is 0 Å². The molecule has 1 saturated heterocycles. The van der Waals surface area contributed by atoms with Crippen molar-refractivity contribution < 1.29 is 4.79 Å². The monoisotopic (exact) mass is 226 g/mol. The first-order valence-corrected chi connectivity index (χ1v) is 6.67. The zero-order chi connectivity index (χ0) is 12.0. The Labute approximate surface area is 99.4 Å². The Morgan fingerprint density at radius 2 is 2.25 bits per heavy atom. The van der Waals surface area contributed by atoms with Crippen LogP contribution < -0.4 is 5.73 Å². The molecule has 0 aromatic rings. The molecule has 1 rings (SSSR count). The molecule has 94 valence electrons. The number of nitrogens with two attached hydrogens (primary N) is 1. The molecule has 0 aromatic carbocycles. The van der Waals surface area contributed by atoms with Gasteiger partial charge in [0.1, 0.15) is 0 Å². The molecule has 0 aromatic heterocycles. The van der Waals surface area contributed by atoms with E-state index in [0.717, 1.165) is 32.4 Å². The van der Waals surface area contributed by atoms with Crippen molar-refractivity contribution in [3.63, 3.8) is 0 Å². The highest BCUT2D eigenvalue weighted by atomic mass is 16.2. The molecule has 1 fully saturated rings. The molecule has 2 unspecified atom stereocenters. The topological polar surface area (TPSA) is 46.3 Å². The van der Waals surface area contributed by atoms with Crippen LogP contribution in [0.5, 0.6) is 0 Å². The van der Waals surface area contributed by atoms with E-state index in [1.165, 1.54) is 12.8 Å². The minimum atomic E-state index is 0.182. The van der Waals surface area contributed by atoms with Crippen molar-refractivity contribution in [1.82, 2.24) is 4.90 Å². The van der Waals surface area contributed by atoms with E-state index < -0.39 is 0 Å². The SMILES string of the molecule is CCCC(C)C(=O)N1CCCCC(CN)C1. The van der Waals surface area contributed by atoms with Crippen LogP contribution in [-0.2, 0) is 4.79 Å². The highest BCUT2D eigenvalue weighted by molar-refractivity contribution is 5.78. The largest absolute Gasteiger partial charge is 0.342 e. The Hall–Kier alpha value is -0.570. The van der Waals surface area contributed by atoms with Crippen molar-refractivity contribution in [2.24, 2.45) is 17.6 Å². The molecular formula is C13H26N2O. The van der Waals surface area contributed by atoms with Gasteiger partial charge in [-0.1, -0.05) is 26.7 Å². The van der Waals surface area contributed by atoms with E-state index >= 15 is 0 Å². The maximum absolute atomic E-state index is 12.2. The Bertz CT molecular complexity index is 218. The molecule has 3 nitrogen and oxygen atoms in total. The second kappa shape index (κ2) is 6.89. The lowest BCUT2D eigenvalue weighted by Gasteiger charge is -2.26. The molecule has 1 aliphatic rings. The minimum Gasteiger partial charge on any atom is -0.342 e. The fourth-order valence-electron chi connectivity index (χ4n) is 2.49. The molecular weight excluding hydrogens is 200 g/mol. The van der Waals surface area contributed by atoms with Crippen molar-refractivity contribution in [2.45, 2.75) is 46.0 Å². The standard InChI is InChI=1S/C13H26N2O/c1-3-6-11(2)13(16)15-8-5-4-7-12(9-14)10-15/h11-12H,3-10,14H2,1-2H3. The van der Waals surface area contributed by atoms with Gasteiger partial charge in [0.05, 0.1) is 0 Å². The summed E-state index contributed by atoms with van der Waals surface area (Å²) in [5, 5.41) is 0. The van der Waals surface area contributed by atoms with E-state index in [-0.39, 0.29) is 5.92 Å². The number of nitrogens with zero attached hydrogens (tertiary/aromatic N) is 1. The number of carbonyl (C=O) groups excluding carboxylic acids is 1. The summed E-state index contributed by atoms with van der Waals surface area (Å²) in [5.41, 5.74) is 5.73. The minimum absolute atomic E-state index is 0.182. The normalized spacial score (nSPS) is 23.9. The third-order valence-corrected chi connectivity index (χ3v) is 3.56. The van der Waals surface area contributed by atoms with Gasteiger partial charge in [-0.2, -0.15) is 0 Å². The molecule has 3 heteroatoms. The first kappa shape index (κ1) is 13.5. The molecule has 1 amide bonds. The van der Waals surface area contributed by atoms with Crippen LogP contribution in [0.15, 0.2) is 0 Å². The third kappa shape index (κ3) is 3.78. The van der Waals surface area contributed by atoms with Crippen LogP contribution in [0.1, 0.15) is 46.0 Å². The quantitative estimate of drug-likeness (QED) is 0.797. The van der Waals surface area contributed by atoms with Gasteiger partial charge in [0.2, 0.25) is 5.91 Å². The van der Waals surface area contributed by atoms with Crippen LogP contribution in [0.4, 0.5) is 0 Å². The molecule has 0 radical (unpaired) electrons. The van der Waals surface area contributed by atoms with E-state index in [9.17, 15) is 4.79 Å². The number of rotatable bonds is 4. The molecule has 0 bridgehead atoms. The second-order valence-corrected chi connectivity index (χ2v) is 5.07. The molecule has 0 aliphatic carbocycles. The maximum atomic E-state index is 12.2. The van der Waals surface area contributed by atoms with Crippen LogP contribution in [0, 0.1) is 11.8 Å².